The molecule has 4 N–H and O–H groups in total. The van der Waals surface area contributed by atoms with Gasteiger partial charge < -0.3 is 20.8 Å². The number of phenolic OH excluding ortho intramolecular Hbond substituents is 1. The van der Waals surface area contributed by atoms with Gasteiger partial charge in [0.05, 0.1) is 30.8 Å². The lowest BCUT2D eigenvalue weighted by molar-refractivity contribution is -0.142. The Labute approximate surface area is 259 Å². The summed E-state index contributed by atoms with van der Waals surface area (Å²) in [5, 5.41) is 24.2. The number of amides is 2. The van der Waals surface area contributed by atoms with Crippen molar-refractivity contribution < 1.29 is 42.6 Å². The van der Waals surface area contributed by atoms with Crippen LogP contribution in [0.2, 0.25) is 0 Å². The zero-order valence-corrected chi connectivity index (χ0v) is 26.9. The number of carboxylic acids is 1. The number of sulfonamides is 1. The number of rotatable bonds is 16. The number of aliphatic carboxylic acids is 1. The van der Waals surface area contributed by atoms with Crippen molar-refractivity contribution in [2.24, 2.45) is 23.2 Å². The third kappa shape index (κ3) is 7.66. The maximum Gasteiger partial charge on any atom is 0.305 e. The highest BCUT2D eigenvalue weighted by atomic mass is 32.2. The smallest absolute Gasteiger partial charge is 0.305 e. The molecular formula is C31H45N3O9S. The number of fused-ring (bicyclic) bond motifs is 2. The molecule has 12 nitrogen and oxygen atoms in total. The number of hydrogen-bond acceptors (Lipinski definition) is 8. The number of carboxylic acid groups (broad SMARTS) is 1. The summed E-state index contributed by atoms with van der Waals surface area (Å²) in [6.45, 7) is 6.69. The van der Waals surface area contributed by atoms with Gasteiger partial charge in [0.25, 0.3) is 0 Å². The first-order valence-electron chi connectivity index (χ1n) is 15.0. The summed E-state index contributed by atoms with van der Waals surface area (Å²) in [6.07, 6.45) is 2.33. The Morgan fingerprint density at radius 3 is 2.23 bits per heavy atom. The Morgan fingerprint density at radius 1 is 1.09 bits per heavy atom. The van der Waals surface area contributed by atoms with Crippen LogP contribution in [0.1, 0.15) is 71.8 Å². The Morgan fingerprint density at radius 2 is 1.73 bits per heavy atom. The summed E-state index contributed by atoms with van der Waals surface area (Å²) >= 11 is 0. The van der Waals surface area contributed by atoms with Crippen LogP contribution in [0.25, 0.3) is 0 Å². The average molecular weight is 636 g/mol. The molecule has 0 heterocycles. The van der Waals surface area contributed by atoms with Crippen LogP contribution in [0.3, 0.4) is 0 Å². The van der Waals surface area contributed by atoms with E-state index < -0.39 is 63.6 Å². The van der Waals surface area contributed by atoms with E-state index in [1.807, 2.05) is 13.8 Å². The van der Waals surface area contributed by atoms with E-state index in [9.17, 15) is 42.6 Å². The van der Waals surface area contributed by atoms with Crippen LogP contribution in [-0.4, -0.2) is 83.2 Å². The lowest BCUT2D eigenvalue weighted by Crippen LogP contribution is -2.62. The van der Waals surface area contributed by atoms with Crippen LogP contribution in [0.4, 0.5) is 0 Å². The Bertz CT molecular complexity index is 1370. The average Bonchev–Trinajstić information content (AvgIpc) is 3.27. The van der Waals surface area contributed by atoms with Gasteiger partial charge in [0.15, 0.2) is 11.6 Å². The Balaban J connectivity index is 1.69. The third-order valence-electron chi connectivity index (χ3n) is 9.49. The predicted molar refractivity (Wildman–Crippen MR) is 162 cm³/mol. The van der Waals surface area contributed by atoms with E-state index in [4.69, 9.17) is 0 Å². The molecule has 44 heavy (non-hydrogen) atoms. The number of benzene rings is 1. The first kappa shape index (κ1) is 35.2. The van der Waals surface area contributed by atoms with E-state index >= 15 is 0 Å². The molecule has 1 aromatic carbocycles. The molecule has 0 saturated heterocycles. The van der Waals surface area contributed by atoms with Crippen molar-refractivity contribution in [1.29, 1.82) is 0 Å². The van der Waals surface area contributed by atoms with Gasteiger partial charge in [-0.2, -0.15) is 4.31 Å². The summed E-state index contributed by atoms with van der Waals surface area (Å²) < 4.78 is 27.0. The molecule has 3 rings (SSSR count). The van der Waals surface area contributed by atoms with Gasteiger partial charge in [0.2, 0.25) is 21.8 Å². The number of aryl methyl sites for hydroxylation is 1. The van der Waals surface area contributed by atoms with E-state index in [1.165, 1.54) is 0 Å². The van der Waals surface area contributed by atoms with Crippen molar-refractivity contribution in [2.75, 3.05) is 19.3 Å². The number of Topliss-reactive ketones (excluding diaryl/α,β-unsaturated/α-hetero) is 2. The second-order valence-corrected chi connectivity index (χ2v) is 14.9. The van der Waals surface area contributed by atoms with Crippen LogP contribution in [-0.2, 0) is 40.4 Å². The molecule has 1 aromatic rings. The topological polar surface area (TPSA) is 187 Å². The predicted octanol–water partition coefficient (Wildman–Crippen LogP) is 2.04. The molecule has 2 saturated carbocycles. The van der Waals surface area contributed by atoms with Crippen molar-refractivity contribution >= 4 is 39.4 Å². The quantitative estimate of drug-likeness (QED) is 0.197. The Hall–Kier alpha value is -3.32. The summed E-state index contributed by atoms with van der Waals surface area (Å²) in [5.74, 6) is -4.64. The molecule has 0 radical (unpaired) electrons. The number of nitrogens with one attached hydrogen (secondary N) is 2. The van der Waals surface area contributed by atoms with E-state index in [1.54, 1.807) is 38.1 Å². The van der Waals surface area contributed by atoms with Crippen molar-refractivity contribution in [2.45, 2.75) is 84.2 Å². The van der Waals surface area contributed by atoms with Crippen molar-refractivity contribution in [3.8, 4) is 5.75 Å². The fraction of sp³-hybridized carbons (Fsp3) is 0.645. The number of phenols is 1. The lowest BCUT2D eigenvalue weighted by Gasteiger charge is -2.44. The van der Waals surface area contributed by atoms with Gasteiger partial charge in [0, 0.05) is 25.3 Å². The molecule has 4 atom stereocenters. The molecule has 0 aliphatic heterocycles. The molecule has 0 spiro atoms. The summed E-state index contributed by atoms with van der Waals surface area (Å²) in [6, 6.07) is 5.18. The van der Waals surface area contributed by atoms with Gasteiger partial charge in [-0.1, -0.05) is 39.8 Å². The zero-order chi connectivity index (χ0) is 33.0. The van der Waals surface area contributed by atoms with Crippen molar-refractivity contribution in [3.63, 3.8) is 0 Å². The van der Waals surface area contributed by atoms with Crippen LogP contribution in [0.5, 0.6) is 5.75 Å². The third-order valence-corrected chi connectivity index (χ3v) is 10.7. The van der Waals surface area contributed by atoms with Crippen LogP contribution in [0, 0.1) is 23.2 Å². The molecule has 2 bridgehead atoms. The monoisotopic (exact) mass is 635 g/mol. The van der Waals surface area contributed by atoms with Crippen LogP contribution >= 0.6 is 0 Å². The number of hydrogen-bond donors (Lipinski definition) is 4. The standard InChI is InChI=1S/C31H45N3O9S/c1-19(2)23(16-27(38)32-14-6-7-20-8-10-22(35)11-9-20)29(41)33-24(17-28(39)40)25(36)18-34(44(5,42)43)31-13-12-21(15-26(31)37)30(31,3)4/h8-11,19,21,23-24,35H,6-7,12-18H2,1-5H3,(H,32,38)(H,33,41)(H,39,40). The molecule has 2 fully saturated rings. The summed E-state index contributed by atoms with van der Waals surface area (Å²) in [7, 11) is -4.09. The van der Waals surface area contributed by atoms with Gasteiger partial charge in [0.1, 0.15) is 5.75 Å². The fourth-order valence-electron chi connectivity index (χ4n) is 6.81. The normalized spacial score (nSPS) is 22.2. The molecule has 13 heteroatoms. The minimum Gasteiger partial charge on any atom is -0.508 e. The second-order valence-electron chi connectivity index (χ2n) is 13.0. The number of carbonyl (C=O) groups is 5. The van der Waals surface area contributed by atoms with Crippen molar-refractivity contribution in [3.05, 3.63) is 29.8 Å². The maximum atomic E-state index is 13.6. The largest absolute Gasteiger partial charge is 0.508 e. The second kappa shape index (κ2) is 13.8. The number of nitrogens with zero attached hydrogens (tertiary/aromatic N) is 1. The first-order valence-corrected chi connectivity index (χ1v) is 16.9. The Kier molecular flexibility index (Phi) is 11.0. The number of aromatic hydroxyl groups is 1. The SMILES string of the molecule is CC(C)C(CC(=O)NCCCc1ccc(O)cc1)C(=O)NC(CC(=O)O)C(=O)CN(C12CCC(CC1=O)C2(C)C)S(C)(=O)=O. The lowest BCUT2D eigenvalue weighted by atomic mass is 9.75. The minimum absolute atomic E-state index is 0.0328. The van der Waals surface area contributed by atoms with Crippen LogP contribution < -0.4 is 10.6 Å². The molecule has 2 aliphatic carbocycles. The molecule has 244 valence electrons. The summed E-state index contributed by atoms with van der Waals surface area (Å²) in [4.78, 5) is 64.5. The van der Waals surface area contributed by atoms with E-state index in [0.717, 1.165) is 16.1 Å². The van der Waals surface area contributed by atoms with Gasteiger partial charge in [-0.05, 0) is 60.6 Å². The molecule has 2 aliphatic rings. The van der Waals surface area contributed by atoms with Gasteiger partial charge in [-0.15, -0.1) is 0 Å². The molecule has 0 aromatic heterocycles. The van der Waals surface area contributed by atoms with Gasteiger partial charge in [-0.25, -0.2) is 8.42 Å². The van der Waals surface area contributed by atoms with Crippen LogP contribution in [0.15, 0.2) is 24.3 Å². The maximum absolute atomic E-state index is 13.6. The zero-order valence-electron chi connectivity index (χ0n) is 26.1. The van der Waals surface area contributed by atoms with E-state index in [-0.39, 0.29) is 48.5 Å². The molecular weight excluding hydrogens is 590 g/mol. The highest BCUT2D eigenvalue weighted by molar-refractivity contribution is 7.88. The van der Waals surface area contributed by atoms with E-state index in [0.29, 0.717) is 25.8 Å². The molecule has 2 amide bonds. The number of carbonyl (C=O) groups excluding carboxylic acids is 4. The molecule has 4 unspecified atom stereocenters. The summed E-state index contributed by atoms with van der Waals surface area (Å²) in [5.41, 5.74) is -1.15. The van der Waals surface area contributed by atoms with Gasteiger partial charge in [-0.3, -0.25) is 24.0 Å². The fourth-order valence-corrected chi connectivity index (χ4v) is 8.17. The highest BCUT2D eigenvalue weighted by Gasteiger charge is 2.68. The minimum atomic E-state index is -4.09. The highest BCUT2D eigenvalue weighted by Crippen LogP contribution is 2.61. The van der Waals surface area contributed by atoms with Crippen molar-refractivity contribution in [1.82, 2.24) is 14.9 Å². The van der Waals surface area contributed by atoms with Gasteiger partial charge >= 0.3 is 5.97 Å². The number of ketones is 2. The van der Waals surface area contributed by atoms with E-state index in [2.05, 4.69) is 10.6 Å². The first-order chi connectivity index (χ1) is 20.4.